The molecule has 0 amide bonds. The molecular weight excluding hydrogens is 200 g/mol. The van der Waals surface area contributed by atoms with E-state index >= 15 is 0 Å². The summed E-state index contributed by atoms with van der Waals surface area (Å²) < 4.78 is 0.233. The van der Waals surface area contributed by atoms with Gasteiger partial charge in [-0.05, 0) is 22.4 Å². The van der Waals surface area contributed by atoms with E-state index in [1.54, 1.807) is 23.1 Å². The highest BCUT2D eigenvalue weighted by molar-refractivity contribution is 8.00. The molecule has 0 aliphatic carbocycles. The Morgan fingerprint density at radius 1 is 1.54 bits per heavy atom. The first-order chi connectivity index (χ1) is 5.99. The quantitative estimate of drug-likeness (QED) is 0.836. The molecule has 1 atom stereocenters. The highest BCUT2D eigenvalue weighted by Crippen LogP contribution is 2.28. The van der Waals surface area contributed by atoms with E-state index in [-0.39, 0.29) is 10.9 Å². The first kappa shape index (κ1) is 11.1. The fraction of sp³-hybridized carbons (Fsp3) is 0.600. The molecule has 1 N–H and O–H groups in total. The highest BCUT2D eigenvalue weighted by atomic mass is 32.2. The molecule has 1 heterocycles. The van der Waals surface area contributed by atoms with Crippen LogP contribution in [0.15, 0.2) is 16.8 Å². The van der Waals surface area contributed by atoms with Gasteiger partial charge in [0.15, 0.2) is 0 Å². The Labute approximate surface area is 88.2 Å². The molecule has 13 heavy (non-hydrogen) atoms. The minimum Gasteiger partial charge on any atom is -0.388 e. The smallest absolute Gasteiger partial charge is 0.0888 e. The van der Waals surface area contributed by atoms with Crippen LogP contribution in [0.3, 0.4) is 0 Å². The molecule has 0 saturated carbocycles. The Hall–Kier alpha value is 0.01000. The number of thioether (sulfide) groups is 1. The van der Waals surface area contributed by atoms with E-state index < -0.39 is 0 Å². The van der Waals surface area contributed by atoms with Crippen molar-refractivity contribution in [2.24, 2.45) is 0 Å². The van der Waals surface area contributed by atoms with Crippen LogP contribution in [0.2, 0.25) is 0 Å². The van der Waals surface area contributed by atoms with Crippen molar-refractivity contribution in [3.05, 3.63) is 22.4 Å². The molecule has 1 nitrogen and oxygen atoms in total. The molecular formula is C10H16OS2. The zero-order valence-corrected chi connectivity index (χ0v) is 9.91. The van der Waals surface area contributed by atoms with Crippen molar-refractivity contribution in [3.63, 3.8) is 0 Å². The molecule has 1 aromatic rings. The predicted molar refractivity (Wildman–Crippen MR) is 61.5 cm³/mol. The van der Waals surface area contributed by atoms with E-state index in [0.717, 1.165) is 11.3 Å². The summed E-state index contributed by atoms with van der Waals surface area (Å²) in [6, 6.07) is 1.98. The van der Waals surface area contributed by atoms with Crippen LogP contribution >= 0.6 is 23.1 Å². The molecule has 74 valence electrons. The summed E-state index contributed by atoms with van der Waals surface area (Å²) in [4.78, 5) is 0. The summed E-state index contributed by atoms with van der Waals surface area (Å²) in [5.41, 5.74) is 1.04. The first-order valence-electron chi connectivity index (χ1n) is 4.33. The Kier molecular flexibility index (Phi) is 3.83. The van der Waals surface area contributed by atoms with E-state index in [1.165, 1.54) is 0 Å². The van der Waals surface area contributed by atoms with Crippen molar-refractivity contribution in [1.29, 1.82) is 0 Å². The summed E-state index contributed by atoms with van der Waals surface area (Å²) in [5.74, 6) is 0.778. The molecule has 1 rings (SSSR count). The predicted octanol–water partition coefficient (Wildman–Crippen LogP) is 3.31. The third-order valence-corrected chi connectivity index (χ3v) is 3.65. The van der Waals surface area contributed by atoms with Gasteiger partial charge in [-0.15, -0.1) is 0 Å². The molecule has 0 spiro atoms. The molecule has 0 aliphatic heterocycles. The van der Waals surface area contributed by atoms with Gasteiger partial charge in [0.05, 0.1) is 6.10 Å². The highest BCUT2D eigenvalue weighted by Gasteiger charge is 2.15. The number of aliphatic hydroxyl groups is 1. The average molecular weight is 216 g/mol. The SMILES string of the molecule is CC(C)(C)SCC(O)c1ccsc1. The van der Waals surface area contributed by atoms with Crippen molar-refractivity contribution < 1.29 is 5.11 Å². The summed E-state index contributed by atoms with van der Waals surface area (Å²) in [5, 5.41) is 13.8. The molecule has 0 fully saturated rings. The molecule has 1 aromatic heterocycles. The number of hydrogen-bond acceptors (Lipinski definition) is 3. The second-order valence-electron chi connectivity index (χ2n) is 4.00. The number of aliphatic hydroxyl groups excluding tert-OH is 1. The lowest BCUT2D eigenvalue weighted by atomic mass is 10.2. The van der Waals surface area contributed by atoms with Gasteiger partial charge in [-0.1, -0.05) is 20.8 Å². The van der Waals surface area contributed by atoms with Gasteiger partial charge in [0, 0.05) is 10.5 Å². The molecule has 0 saturated heterocycles. The fourth-order valence-electron chi connectivity index (χ4n) is 0.890. The Bertz CT molecular complexity index is 236. The van der Waals surface area contributed by atoms with Gasteiger partial charge in [-0.25, -0.2) is 0 Å². The van der Waals surface area contributed by atoms with Crippen molar-refractivity contribution in [2.75, 3.05) is 5.75 Å². The summed E-state index contributed by atoms with van der Waals surface area (Å²) in [6.45, 7) is 6.49. The topological polar surface area (TPSA) is 20.2 Å². The van der Waals surface area contributed by atoms with Crippen LogP contribution in [0.1, 0.15) is 32.4 Å². The lowest BCUT2D eigenvalue weighted by molar-refractivity contribution is 0.204. The molecule has 0 aromatic carbocycles. The Balaban J connectivity index is 2.39. The standard InChI is InChI=1S/C10H16OS2/c1-10(2,3)13-7-9(11)8-4-5-12-6-8/h4-6,9,11H,7H2,1-3H3. The molecule has 0 radical (unpaired) electrons. The van der Waals surface area contributed by atoms with Crippen LogP contribution in [-0.2, 0) is 0 Å². The minimum absolute atomic E-state index is 0.233. The van der Waals surface area contributed by atoms with Crippen LogP contribution in [0, 0.1) is 0 Å². The summed E-state index contributed by atoms with van der Waals surface area (Å²) >= 11 is 3.43. The Morgan fingerprint density at radius 2 is 2.23 bits per heavy atom. The first-order valence-corrected chi connectivity index (χ1v) is 6.26. The van der Waals surface area contributed by atoms with E-state index in [9.17, 15) is 5.11 Å². The second-order valence-corrected chi connectivity index (χ2v) is 6.62. The van der Waals surface area contributed by atoms with Crippen LogP contribution in [0.25, 0.3) is 0 Å². The van der Waals surface area contributed by atoms with Crippen LogP contribution in [0.5, 0.6) is 0 Å². The average Bonchev–Trinajstić information content (AvgIpc) is 2.50. The number of hydrogen-bond donors (Lipinski definition) is 1. The fourth-order valence-corrected chi connectivity index (χ4v) is 2.45. The van der Waals surface area contributed by atoms with Gasteiger partial charge in [-0.2, -0.15) is 23.1 Å². The molecule has 3 heteroatoms. The normalized spacial score (nSPS) is 14.5. The second kappa shape index (κ2) is 4.49. The third kappa shape index (κ3) is 4.16. The van der Waals surface area contributed by atoms with Crippen molar-refractivity contribution in [2.45, 2.75) is 31.6 Å². The van der Waals surface area contributed by atoms with Crippen LogP contribution in [-0.4, -0.2) is 15.6 Å². The summed E-state index contributed by atoms with van der Waals surface area (Å²) in [7, 11) is 0. The van der Waals surface area contributed by atoms with Crippen LogP contribution < -0.4 is 0 Å². The van der Waals surface area contributed by atoms with Gasteiger partial charge in [0.25, 0.3) is 0 Å². The lowest BCUT2D eigenvalue weighted by Gasteiger charge is -2.19. The van der Waals surface area contributed by atoms with E-state index in [2.05, 4.69) is 20.8 Å². The van der Waals surface area contributed by atoms with Crippen molar-refractivity contribution in [1.82, 2.24) is 0 Å². The monoisotopic (exact) mass is 216 g/mol. The van der Waals surface area contributed by atoms with Gasteiger partial charge in [-0.3, -0.25) is 0 Å². The number of rotatable bonds is 3. The van der Waals surface area contributed by atoms with Crippen molar-refractivity contribution >= 4 is 23.1 Å². The van der Waals surface area contributed by atoms with Gasteiger partial charge in [0.2, 0.25) is 0 Å². The van der Waals surface area contributed by atoms with Gasteiger partial charge < -0.3 is 5.11 Å². The molecule has 0 bridgehead atoms. The molecule has 0 aliphatic rings. The molecule has 1 unspecified atom stereocenters. The largest absolute Gasteiger partial charge is 0.388 e. The zero-order chi connectivity index (χ0) is 9.90. The maximum Gasteiger partial charge on any atom is 0.0888 e. The van der Waals surface area contributed by atoms with Crippen molar-refractivity contribution in [3.8, 4) is 0 Å². The zero-order valence-electron chi connectivity index (χ0n) is 8.28. The maximum atomic E-state index is 9.76. The van der Waals surface area contributed by atoms with Gasteiger partial charge >= 0.3 is 0 Å². The third-order valence-electron chi connectivity index (χ3n) is 1.60. The maximum absolute atomic E-state index is 9.76. The Morgan fingerprint density at radius 3 is 2.69 bits per heavy atom. The van der Waals surface area contributed by atoms with Crippen LogP contribution in [0.4, 0.5) is 0 Å². The van der Waals surface area contributed by atoms with Gasteiger partial charge in [0.1, 0.15) is 0 Å². The number of thiophene rings is 1. The lowest BCUT2D eigenvalue weighted by Crippen LogP contribution is -2.11. The van der Waals surface area contributed by atoms with E-state index in [4.69, 9.17) is 0 Å². The van der Waals surface area contributed by atoms with E-state index in [1.807, 2.05) is 16.8 Å². The summed E-state index contributed by atoms with van der Waals surface area (Å²) in [6.07, 6.45) is -0.310. The minimum atomic E-state index is -0.310. The van der Waals surface area contributed by atoms with E-state index in [0.29, 0.717) is 0 Å².